The van der Waals surface area contributed by atoms with Crippen LogP contribution < -0.4 is 0 Å². The molecule has 0 aromatic carbocycles. The summed E-state index contributed by atoms with van der Waals surface area (Å²) in [6, 6.07) is 8.09. The Balaban J connectivity index is 3.72. The van der Waals surface area contributed by atoms with Gasteiger partial charge in [-0.15, -0.1) is 0 Å². The molecule has 0 bridgehead atoms. The van der Waals surface area contributed by atoms with Crippen LogP contribution in [0.2, 0.25) is 75.5 Å². The quantitative estimate of drug-likeness (QED) is 0.0760. The summed E-state index contributed by atoms with van der Waals surface area (Å²) in [5.41, 5.74) is 0. The molecule has 0 aromatic heterocycles. The van der Waals surface area contributed by atoms with Crippen molar-refractivity contribution in [2.24, 2.45) is 0 Å². The van der Waals surface area contributed by atoms with Gasteiger partial charge in [0.15, 0.2) is 17.4 Å². The van der Waals surface area contributed by atoms with Crippen LogP contribution in [0.3, 0.4) is 0 Å². The van der Waals surface area contributed by atoms with E-state index < -0.39 is 34.2 Å². The number of hydrogen-bond donors (Lipinski definition) is 0. The van der Waals surface area contributed by atoms with Crippen molar-refractivity contribution in [2.45, 2.75) is 121 Å². The molecule has 0 spiro atoms. The van der Waals surface area contributed by atoms with Crippen molar-refractivity contribution in [3.05, 3.63) is 0 Å². The molecular formula is C27H64O5Si4. The second-order valence-corrected chi connectivity index (χ2v) is 27.5. The minimum Gasteiger partial charge on any atom is -0.458 e. The lowest BCUT2D eigenvalue weighted by Gasteiger charge is -2.27. The van der Waals surface area contributed by atoms with E-state index in [1.165, 1.54) is 61.9 Å². The Morgan fingerprint density at radius 3 is 1.44 bits per heavy atom. The van der Waals surface area contributed by atoms with Crippen LogP contribution in [0, 0.1) is 0 Å². The Labute approximate surface area is 231 Å². The lowest BCUT2D eigenvalue weighted by atomic mass is 10.5. The maximum atomic E-state index is 6.21. The first-order valence-corrected chi connectivity index (χ1v) is 26.9. The Morgan fingerprint density at radius 2 is 1.00 bits per heavy atom. The summed E-state index contributed by atoms with van der Waals surface area (Å²) in [6.45, 7) is 25.3. The van der Waals surface area contributed by atoms with Crippen molar-refractivity contribution in [2.75, 3.05) is 52.9 Å². The molecule has 0 radical (unpaired) electrons. The smallest absolute Gasteiger partial charge is 0.173 e. The van der Waals surface area contributed by atoms with E-state index >= 15 is 0 Å². The highest BCUT2D eigenvalue weighted by Gasteiger charge is 2.25. The van der Waals surface area contributed by atoms with Gasteiger partial charge in [-0.05, 0) is 57.5 Å². The molecule has 9 heteroatoms. The lowest BCUT2D eigenvalue weighted by Crippen LogP contribution is -2.35. The van der Waals surface area contributed by atoms with Gasteiger partial charge in [0, 0.05) is 35.2 Å². The third-order valence-corrected chi connectivity index (χ3v) is 20.5. The zero-order valence-corrected chi connectivity index (χ0v) is 29.9. The molecule has 0 saturated carbocycles. The molecule has 0 saturated heterocycles. The monoisotopic (exact) mass is 580 g/mol. The maximum Gasteiger partial charge on any atom is 0.173 e. The van der Waals surface area contributed by atoms with Gasteiger partial charge in [-0.3, -0.25) is 0 Å². The zero-order valence-electron chi connectivity index (χ0n) is 25.6. The first-order valence-electron chi connectivity index (χ1n) is 15.1. The molecular weight excluding hydrogens is 517 g/mol. The second-order valence-electron chi connectivity index (χ2n) is 11.9. The average molecular weight is 581 g/mol. The first-order chi connectivity index (χ1) is 17.1. The van der Waals surface area contributed by atoms with E-state index in [9.17, 15) is 0 Å². The average Bonchev–Trinajstić information content (AvgIpc) is 2.78. The number of ether oxygens (including phenoxy) is 4. The first kappa shape index (κ1) is 36.7. The fourth-order valence-corrected chi connectivity index (χ4v) is 17.4. The molecule has 36 heavy (non-hydrogen) atoms. The van der Waals surface area contributed by atoms with Gasteiger partial charge >= 0.3 is 0 Å². The van der Waals surface area contributed by atoms with Gasteiger partial charge < -0.3 is 23.1 Å². The summed E-state index contributed by atoms with van der Waals surface area (Å²) in [5.74, 6) is 0. The summed E-state index contributed by atoms with van der Waals surface area (Å²) in [4.78, 5) is 0. The second kappa shape index (κ2) is 23.5. The molecule has 0 amide bonds. The molecule has 0 aliphatic heterocycles. The van der Waals surface area contributed by atoms with Crippen LogP contribution in [-0.4, -0.2) is 87.1 Å². The predicted molar refractivity (Wildman–Crippen MR) is 169 cm³/mol. The molecule has 0 heterocycles. The Morgan fingerprint density at radius 1 is 0.528 bits per heavy atom. The maximum absolute atomic E-state index is 6.21. The normalized spacial score (nSPS) is 14.9. The summed E-state index contributed by atoms with van der Waals surface area (Å²) in [5, 5.41) is 0. The third-order valence-electron chi connectivity index (χ3n) is 6.89. The van der Waals surface area contributed by atoms with E-state index in [-0.39, 0.29) is 0 Å². The molecule has 0 N–H and O–H groups in total. The topological polar surface area (TPSA) is 46.2 Å². The van der Waals surface area contributed by atoms with Crippen LogP contribution in [-0.2, 0) is 23.1 Å². The summed E-state index contributed by atoms with van der Waals surface area (Å²) >= 11 is 0. The highest BCUT2D eigenvalue weighted by atomic mass is 28.4. The van der Waals surface area contributed by atoms with Crippen molar-refractivity contribution >= 4 is 34.2 Å². The predicted octanol–water partition coefficient (Wildman–Crippen LogP) is 7.18. The molecule has 0 rings (SSSR count). The lowest BCUT2D eigenvalue weighted by molar-refractivity contribution is 0.0479. The molecule has 5 nitrogen and oxygen atoms in total. The zero-order chi connectivity index (χ0) is 27.1. The van der Waals surface area contributed by atoms with Gasteiger partial charge in [-0.1, -0.05) is 64.0 Å². The molecule has 218 valence electrons. The summed E-state index contributed by atoms with van der Waals surface area (Å²) in [7, 11) is -4.08. The number of rotatable bonds is 27. The third kappa shape index (κ3) is 23.8. The molecule has 2 atom stereocenters. The van der Waals surface area contributed by atoms with Gasteiger partial charge in [-0.25, -0.2) is 0 Å². The van der Waals surface area contributed by atoms with Crippen LogP contribution >= 0.6 is 0 Å². The van der Waals surface area contributed by atoms with Gasteiger partial charge in [0.2, 0.25) is 0 Å². The van der Waals surface area contributed by atoms with Crippen molar-refractivity contribution < 1.29 is 23.1 Å². The Hall–Kier alpha value is 0.668. The number of hydrogen-bond acceptors (Lipinski definition) is 5. The minimum atomic E-state index is -1.46. The summed E-state index contributed by atoms with van der Waals surface area (Å²) < 4.78 is 29.5. The standard InChI is InChI=1S/C27H64O5Si4/c1-9-22-34(5)23-21-31-20-19-30-16-13-27-36(8,24-10-2)26-12-15-29-18-17-28-14-11-25-35(6,7)32-33(3)4/h33-34H,9-27H2,1-8H3. The Kier molecular flexibility index (Phi) is 24.0. The van der Waals surface area contributed by atoms with Gasteiger partial charge in [0.05, 0.1) is 34.5 Å². The van der Waals surface area contributed by atoms with Crippen molar-refractivity contribution in [3.8, 4) is 0 Å². The fraction of sp³-hybridized carbons (Fsp3) is 1.00. The van der Waals surface area contributed by atoms with Crippen molar-refractivity contribution in [1.29, 1.82) is 0 Å². The van der Waals surface area contributed by atoms with Crippen LogP contribution in [0.15, 0.2) is 0 Å². The SMILES string of the molecule is CCC[SiH](C)CCOCCOCCC[Si](C)(CCC)CCCOCCOCCC[Si](C)(C)O[SiH](C)C. The van der Waals surface area contributed by atoms with Gasteiger partial charge in [-0.2, -0.15) is 0 Å². The molecule has 0 aliphatic carbocycles. The highest BCUT2D eigenvalue weighted by molar-refractivity contribution is 6.78. The Bertz CT molecular complexity index is 485. The van der Waals surface area contributed by atoms with E-state index in [2.05, 4.69) is 53.1 Å². The van der Waals surface area contributed by atoms with Crippen LogP contribution in [0.1, 0.15) is 46.0 Å². The van der Waals surface area contributed by atoms with Crippen molar-refractivity contribution in [3.63, 3.8) is 0 Å². The van der Waals surface area contributed by atoms with Gasteiger partial charge in [0.25, 0.3) is 0 Å². The van der Waals surface area contributed by atoms with Crippen LogP contribution in [0.5, 0.6) is 0 Å². The molecule has 0 aromatic rings. The van der Waals surface area contributed by atoms with Crippen LogP contribution in [0.4, 0.5) is 0 Å². The minimum absolute atomic E-state index is 0.509. The summed E-state index contributed by atoms with van der Waals surface area (Å²) in [6.07, 6.45) is 6.12. The highest BCUT2D eigenvalue weighted by Crippen LogP contribution is 2.26. The molecule has 2 unspecified atom stereocenters. The van der Waals surface area contributed by atoms with E-state index in [0.717, 1.165) is 52.7 Å². The van der Waals surface area contributed by atoms with E-state index in [4.69, 9.17) is 23.1 Å². The van der Waals surface area contributed by atoms with Crippen molar-refractivity contribution in [1.82, 2.24) is 0 Å². The van der Waals surface area contributed by atoms with E-state index in [1.807, 2.05) is 0 Å². The molecule has 0 aliphatic rings. The largest absolute Gasteiger partial charge is 0.458 e. The fourth-order valence-electron chi connectivity index (χ4n) is 5.04. The molecule has 0 fully saturated rings. The van der Waals surface area contributed by atoms with Crippen LogP contribution in [0.25, 0.3) is 0 Å². The van der Waals surface area contributed by atoms with E-state index in [0.29, 0.717) is 6.61 Å². The van der Waals surface area contributed by atoms with Gasteiger partial charge in [0.1, 0.15) is 0 Å². The van der Waals surface area contributed by atoms with E-state index in [1.54, 1.807) is 0 Å².